The highest BCUT2D eigenvalue weighted by Gasteiger charge is 2.15. The first-order valence-corrected chi connectivity index (χ1v) is 9.94. The number of halogens is 1. The van der Waals surface area contributed by atoms with Crippen molar-refractivity contribution in [2.24, 2.45) is 0 Å². The van der Waals surface area contributed by atoms with Crippen molar-refractivity contribution in [2.75, 3.05) is 19.5 Å². The Morgan fingerprint density at radius 1 is 0.931 bits per heavy atom. The Balaban J connectivity index is 1.87. The third kappa shape index (κ3) is 5.86. The van der Waals surface area contributed by atoms with Gasteiger partial charge in [0.2, 0.25) is 0 Å². The highest BCUT2D eigenvalue weighted by Crippen LogP contribution is 2.26. The summed E-state index contributed by atoms with van der Waals surface area (Å²) in [5.41, 5.74) is 2.99. The molecule has 0 radical (unpaired) electrons. The SMILES string of the molecule is COc1ccc(OC)c(CN(Cc2ccccc2)C(=S)Nc2cccc(Cl)c2)c1. The van der Waals surface area contributed by atoms with E-state index in [0.29, 0.717) is 23.2 Å². The normalized spacial score (nSPS) is 10.3. The van der Waals surface area contributed by atoms with E-state index < -0.39 is 0 Å². The highest BCUT2D eigenvalue weighted by molar-refractivity contribution is 7.80. The van der Waals surface area contributed by atoms with E-state index in [9.17, 15) is 0 Å². The molecule has 0 amide bonds. The molecule has 6 heteroatoms. The third-order valence-corrected chi connectivity index (χ3v) is 5.02. The van der Waals surface area contributed by atoms with E-state index in [-0.39, 0.29) is 0 Å². The molecule has 0 bridgehead atoms. The Morgan fingerprint density at radius 2 is 1.72 bits per heavy atom. The zero-order valence-electron chi connectivity index (χ0n) is 16.4. The summed E-state index contributed by atoms with van der Waals surface area (Å²) in [5, 5.41) is 4.54. The van der Waals surface area contributed by atoms with Crippen molar-refractivity contribution in [3.63, 3.8) is 0 Å². The van der Waals surface area contributed by atoms with E-state index in [2.05, 4.69) is 22.3 Å². The summed E-state index contributed by atoms with van der Waals surface area (Å²) in [6.07, 6.45) is 0. The molecule has 0 aromatic heterocycles. The smallest absolute Gasteiger partial charge is 0.174 e. The minimum atomic E-state index is 0.557. The Labute approximate surface area is 182 Å². The summed E-state index contributed by atoms with van der Waals surface area (Å²) in [6, 6.07) is 23.5. The summed E-state index contributed by atoms with van der Waals surface area (Å²) >= 11 is 11.9. The zero-order chi connectivity index (χ0) is 20.6. The number of rotatable bonds is 7. The average molecular weight is 427 g/mol. The fourth-order valence-electron chi connectivity index (χ4n) is 2.98. The first kappa shape index (κ1) is 21.0. The lowest BCUT2D eigenvalue weighted by Crippen LogP contribution is -2.34. The van der Waals surface area contributed by atoms with Gasteiger partial charge < -0.3 is 19.7 Å². The highest BCUT2D eigenvalue weighted by atomic mass is 35.5. The van der Waals surface area contributed by atoms with E-state index in [4.69, 9.17) is 33.3 Å². The van der Waals surface area contributed by atoms with Crippen molar-refractivity contribution in [3.8, 4) is 11.5 Å². The number of nitrogens with one attached hydrogen (secondary N) is 1. The molecule has 0 aliphatic heterocycles. The predicted octanol–water partition coefficient (Wildman–Crippen LogP) is 5.76. The molecule has 3 rings (SSSR count). The maximum atomic E-state index is 6.11. The minimum absolute atomic E-state index is 0.557. The number of anilines is 1. The Hall–Kier alpha value is -2.76. The maximum absolute atomic E-state index is 6.11. The van der Waals surface area contributed by atoms with Gasteiger partial charge in [0, 0.05) is 29.4 Å². The first-order chi connectivity index (χ1) is 14.1. The van der Waals surface area contributed by atoms with Crippen LogP contribution >= 0.6 is 23.8 Å². The molecule has 0 heterocycles. The molecule has 0 saturated carbocycles. The van der Waals surface area contributed by atoms with Gasteiger partial charge in [0.25, 0.3) is 0 Å². The minimum Gasteiger partial charge on any atom is -0.497 e. The number of hydrogen-bond donors (Lipinski definition) is 1. The quantitative estimate of drug-likeness (QED) is 0.486. The first-order valence-electron chi connectivity index (χ1n) is 9.15. The number of benzene rings is 3. The van der Waals surface area contributed by atoms with E-state index in [1.54, 1.807) is 14.2 Å². The van der Waals surface area contributed by atoms with Crippen LogP contribution in [0.3, 0.4) is 0 Å². The summed E-state index contributed by atoms with van der Waals surface area (Å²) in [5.74, 6) is 1.56. The number of nitrogens with zero attached hydrogens (tertiary/aromatic N) is 1. The molecule has 3 aromatic carbocycles. The van der Waals surface area contributed by atoms with Crippen LogP contribution in [0, 0.1) is 0 Å². The second-order valence-corrected chi connectivity index (χ2v) is 7.28. The molecular formula is C23H23ClN2O2S. The standard InChI is InChI=1S/C23H23ClN2O2S/c1-27-21-11-12-22(28-2)18(13-21)16-26(15-17-7-4-3-5-8-17)23(29)25-20-10-6-9-19(24)14-20/h3-14H,15-16H2,1-2H3,(H,25,29). The van der Waals surface area contributed by atoms with E-state index in [1.165, 1.54) is 0 Å². The van der Waals surface area contributed by atoms with Gasteiger partial charge in [-0.2, -0.15) is 0 Å². The van der Waals surface area contributed by atoms with Crippen LogP contribution in [0.5, 0.6) is 11.5 Å². The summed E-state index contributed by atoms with van der Waals surface area (Å²) in [7, 11) is 3.31. The molecule has 3 aromatic rings. The number of methoxy groups -OCH3 is 2. The van der Waals surface area contributed by atoms with Gasteiger partial charge in [0.15, 0.2) is 5.11 Å². The van der Waals surface area contributed by atoms with Gasteiger partial charge in [-0.05, 0) is 54.2 Å². The van der Waals surface area contributed by atoms with Crippen LogP contribution in [0.2, 0.25) is 5.02 Å². The second kappa shape index (κ2) is 10.1. The van der Waals surface area contributed by atoms with Crippen molar-refractivity contribution in [1.82, 2.24) is 4.90 Å². The third-order valence-electron chi connectivity index (χ3n) is 4.43. The molecule has 0 fully saturated rings. The van der Waals surface area contributed by atoms with Gasteiger partial charge >= 0.3 is 0 Å². The molecule has 0 spiro atoms. The molecule has 1 N–H and O–H groups in total. The van der Waals surface area contributed by atoms with Gasteiger partial charge in [-0.1, -0.05) is 48.0 Å². The molecular weight excluding hydrogens is 404 g/mol. The van der Waals surface area contributed by atoms with Crippen molar-refractivity contribution >= 4 is 34.6 Å². The number of thiocarbonyl (C=S) groups is 1. The van der Waals surface area contributed by atoms with Crippen LogP contribution in [0.25, 0.3) is 0 Å². The van der Waals surface area contributed by atoms with E-state index >= 15 is 0 Å². The topological polar surface area (TPSA) is 33.7 Å². The summed E-state index contributed by atoms with van der Waals surface area (Å²) < 4.78 is 10.9. The zero-order valence-corrected chi connectivity index (χ0v) is 18.0. The molecule has 0 aliphatic rings. The van der Waals surface area contributed by atoms with Gasteiger partial charge in [0.05, 0.1) is 14.2 Å². The van der Waals surface area contributed by atoms with Crippen molar-refractivity contribution in [1.29, 1.82) is 0 Å². The van der Waals surface area contributed by atoms with Crippen molar-refractivity contribution < 1.29 is 9.47 Å². The Morgan fingerprint density at radius 3 is 2.41 bits per heavy atom. The molecule has 0 aliphatic carbocycles. The van der Waals surface area contributed by atoms with Crippen molar-refractivity contribution in [3.05, 3.63) is 88.9 Å². The van der Waals surface area contributed by atoms with E-state index in [0.717, 1.165) is 28.3 Å². The van der Waals surface area contributed by atoms with Crippen LogP contribution in [-0.2, 0) is 13.1 Å². The lowest BCUT2D eigenvalue weighted by atomic mass is 10.1. The molecule has 0 unspecified atom stereocenters. The maximum Gasteiger partial charge on any atom is 0.174 e. The molecule has 0 atom stereocenters. The number of ether oxygens (including phenoxy) is 2. The Bertz CT molecular complexity index is 966. The largest absolute Gasteiger partial charge is 0.497 e. The van der Waals surface area contributed by atoms with E-state index in [1.807, 2.05) is 60.7 Å². The lowest BCUT2D eigenvalue weighted by Gasteiger charge is -2.27. The van der Waals surface area contributed by atoms with Crippen LogP contribution in [0.15, 0.2) is 72.8 Å². The summed E-state index contributed by atoms with van der Waals surface area (Å²) in [6.45, 7) is 1.20. The van der Waals surface area contributed by atoms with Crippen LogP contribution in [0.4, 0.5) is 5.69 Å². The van der Waals surface area contributed by atoms with Crippen LogP contribution < -0.4 is 14.8 Å². The lowest BCUT2D eigenvalue weighted by molar-refractivity contribution is 0.372. The average Bonchev–Trinajstić information content (AvgIpc) is 2.74. The molecule has 4 nitrogen and oxygen atoms in total. The fraction of sp³-hybridized carbons (Fsp3) is 0.174. The van der Waals surface area contributed by atoms with Gasteiger partial charge in [0.1, 0.15) is 11.5 Å². The monoisotopic (exact) mass is 426 g/mol. The second-order valence-electron chi connectivity index (χ2n) is 6.46. The molecule has 150 valence electrons. The van der Waals surface area contributed by atoms with Crippen LogP contribution in [-0.4, -0.2) is 24.2 Å². The molecule has 29 heavy (non-hydrogen) atoms. The predicted molar refractivity (Wildman–Crippen MR) is 123 cm³/mol. The van der Waals surface area contributed by atoms with Gasteiger partial charge in [-0.3, -0.25) is 0 Å². The summed E-state index contributed by atoms with van der Waals surface area (Å²) in [4.78, 5) is 2.09. The number of hydrogen-bond acceptors (Lipinski definition) is 3. The molecule has 0 saturated heterocycles. The van der Waals surface area contributed by atoms with Crippen molar-refractivity contribution in [2.45, 2.75) is 13.1 Å². The van der Waals surface area contributed by atoms with Gasteiger partial charge in [-0.25, -0.2) is 0 Å². The van der Waals surface area contributed by atoms with Gasteiger partial charge in [-0.15, -0.1) is 0 Å². The fourth-order valence-corrected chi connectivity index (χ4v) is 3.42. The Kier molecular flexibility index (Phi) is 7.33. The van der Waals surface area contributed by atoms with Crippen LogP contribution in [0.1, 0.15) is 11.1 Å².